The maximum atomic E-state index is 13.3. The van der Waals surface area contributed by atoms with Gasteiger partial charge in [0.15, 0.2) is 12.6 Å². The Morgan fingerprint density at radius 3 is 1.87 bits per heavy atom. The van der Waals surface area contributed by atoms with Crippen molar-refractivity contribution in [2.24, 2.45) is 35.5 Å². The number of aliphatic hydroxyl groups is 10. The first-order chi connectivity index (χ1) is 29.4. The molecular formula is C42H64O20. The van der Waals surface area contributed by atoms with Gasteiger partial charge in [-0.1, -0.05) is 33.3 Å². The lowest BCUT2D eigenvalue weighted by atomic mass is 9.81. The Hall–Kier alpha value is -2.80. The molecule has 20 nitrogen and oxygen atoms in total. The van der Waals surface area contributed by atoms with Gasteiger partial charge < -0.3 is 89.0 Å². The minimum absolute atomic E-state index is 0.000366. The van der Waals surface area contributed by atoms with Crippen LogP contribution in [0.5, 0.6) is 0 Å². The normalized spacial score (nSPS) is 42.7. The molecule has 2 aliphatic carbocycles. The van der Waals surface area contributed by atoms with Crippen LogP contribution < -0.4 is 0 Å². The van der Waals surface area contributed by atoms with E-state index >= 15 is 0 Å². The molecule has 20 unspecified atom stereocenters. The second-order valence-electron chi connectivity index (χ2n) is 18.0. The van der Waals surface area contributed by atoms with Crippen LogP contribution in [0, 0.1) is 35.5 Å². The summed E-state index contributed by atoms with van der Waals surface area (Å²) in [5, 5.41) is 102. The maximum Gasteiger partial charge on any atom is 0.337 e. The molecule has 0 bridgehead atoms. The minimum atomic E-state index is -1.68. The molecule has 352 valence electrons. The topological polar surface area (TPSA) is 310 Å². The van der Waals surface area contributed by atoms with E-state index in [0.717, 1.165) is 19.3 Å². The summed E-state index contributed by atoms with van der Waals surface area (Å²) < 4.78 is 45.4. The molecule has 10 N–H and O–H groups in total. The zero-order valence-electron chi connectivity index (χ0n) is 35.2. The Bertz CT molecular complexity index is 1620. The Morgan fingerprint density at radius 1 is 0.742 bits per heavy atom. The van der Waals surface area contributed by atoms with Crippen molar-refractivity contribution in [2.75, 3.05) is 26.4 Å². The lowest BCUT2D eigenvalue weighted by Gasteiger charge is -2.44. The van der Waals surface area contributed by atoms with E-state index in [0.29, 0.717) is 24.8 Å². The molecule has 0 aromatic heterocycles. The van der Waals surface area contributed by atoms with Crippen LogP contribution in [-0.4, -0.2) is 175 Å². The fraction of sp³-hybridized carbons (Fsp3) is 0.810. The van der Waals surface area contributed by atoms with E-state index < -0.39 is 135 Å². The molecule has 0 aromatic carbocycles. The van der Waals surface area contributed by atoms with Crippen LogP contribution in [-0.2, 0) is 47.5 Å². The van der Waals surface area contributed by atoms with E-state index in [4.69, 9.17) is 37.9 Å². The minimum Gasteiger partial charge on any atom is -0.471 e. The van der Waals surface area contributed by atoms with Crippen molar-refractivity contribution < 1.29 is 98.5 Å². The second kappa shape index (κ2) is 20.6. The van der Waals surface area contributed by atoms with Crippen LogP contribution in [0.15, 0.2) is 35.8 Å². The predicted molar refractivity (Wildman–Crippen MR) is 208 cm³/mol. The summed E-state index contributed by atoms with van der Waals surface area (Å²) in [7, 11) is 0. The number of carbonyl (C=O) groups is 2. The van der Waals surface area contributed by atoms with Gasteiger partial charge in [-0.25, -0.2) is 9.59 Å². The van der Waals surface area contributed by atoms with Crippen molar-refractivity contribution in [1.29, 1.82) is 0 Å². The van der Waals surface area contributed by atoms with Gasteiger partial charge in [-0.05, 0) is 56.4 Å². The highest BCUT2D eigenvalue weighted by atomic mass is 16.8. The van der Waals surface area contributed by atoms with Gasteiger partial charge in [0.1, 0.15) is 48.8 Å². The first-order valence-corrected chi connectivity index (χ1v) is 21.4. The third-order valence-corrected chi connectivity index (χ3v) is 13.4. The predicted octanol–water partition coefficient (Wildman–Crippen LogP) is -1.65. The summed E-state index contributed by atoms with van der Waals surface area (Å²) in [6.07, 6.45) is -12.3. The smallest absolute Gasteiger partial charge is 0.337 e. The molecule has 20 atom stereocenters. The first-order valence-electron chi connectivity index (χ1n) is 21.4. The van der Waals surface area contributed by atoms with Crippen LogP contribution in [0.1, 0.15) is 65.7 Å². The van der Waals surface area contributed by atoms with E-state index in [1.807, 2.05) is 13.8 Å². The Kier molecular flexibility index (Phi) is 16.1. The molecule has 2 saturated carbocycles. The molecule has 4 aliphatic heterocycles. The standard InChI is InChI=1S/C42H64O20/c1-18(9-11-55-36(52)23-16-58-39(29-21(23)8-10-42(29,4)54)62-41-35(51)33(49)31(47)27(14-44)60-41)6-5-7-19(2)15-56-37(53)24-17-57-38(28-20(3)25(45)12-22(24)28)61-40-34(50)32(48)30(46)26(13-43)59-40/h16-19,21-22,25-35,38-41,43-51,54H,3,5-15H2,1-2,4H3. The summed E-state index contributed by atoms with van der Waals surface area (Å²) in [5.74, 6) is -3.62. The van der Waals surface area contributed by atoms with Crippen LogP contribution in [0.2, 0.25) is 0 Å². The van der Waals surface area contributed by atoms with Crippen molar-refractivity contribution in [1.82, 2.24) is 0 Å². The average Bonchev–Trinajstić information content (AvgIpc) is 3.73. The summed E-state index contributed by atoms with van der Waals surface area (Å²) in [6.45, 7) is 8.50. The van der Waals surface area contributed by atoms with Crippen molar-refractivity contribution in [3.8, 4) is 0 Å². The molecular weight excluding hydrogens is 824 g/mol. The quantitative estimate of drug-likeness (QED) is 0.0578. The SMILES string of the molecule is C=C1C(O)CC2C(C(=O)OCC(C)CCCC(C)CCOC(=O)C3=COC(OC4OC(CO)C(O)C(O)C4O)C4C3CCC4(C)O)=COC(OC3OC(CO)C(O)C(O)C3O)C12. The van der Waals surface area contributed by atoms with Gasteiger partial charge in [-0.3, -0.25) is 0 Å². The van der Waals surface area contributed by atoms with Gasteiger partial charge in [0, 0.05) is 11.8 Å². The van der Waals surface area contributed by atoms with Gasteiger partial charge >= 0.3 is 11.9 Å². The van der Waals surface area contributed by atoms with Crippen LogP contribution in [0.4, 0.5) is 0 Å². The zero-order chi connectivity index (χ0) is 45.2. The van der Waals surface area contributed by atoms with E-state index in [-0.39, 0.29) is 42.6 Å². The second-order valence-corrected chi connectivity index (χ2v) is 18.0. The van der Waals surface area contributed by atoms with E-state index in [1.54, 1.807) is 6.92 Å². The fourth-order valence-corrected chi connectivity index (χ4v) is 9.42. The Balaban J connectivity index is 0.922. The van der Waals surface area contributed by atoms with Crippen molar-refractivity contribution in [2.45, 2.75) is 151 Å². The molecule has 62 heavy (non-hydrogen) atoms. The van der Waals surface area contributed by atoms with Crippen LogP contribution >= 0.6 is 0 Å². The maximum absolute atomic E-state index is 13.3. The van der Waals surface area contributed by atoms with Crippen LogP contribution in [0.25, 0.3) is 0 Å². The molecule has 0 spiro atoms. The number of hydrogen-bond donors (Lipinski definition) is 10. The summed E-state index contributed by atoms with van der Waals surface area (Å²) in [6, 6.07) is 0. The molecule has 0 amide bonds. The molecule has 0 aromatic rings. The number of fused-ring (bicyclic) bond motifs is 2. The largest absolute Gasteiger partial charge is 0.471 e. The van der Waals surface area contributed by atoms with E-state index in [2.05, 4.69) is 6.58 Å². The zero-order valence-corrected chi connectivity index (χ0v) is 35.2. The van der Waals surface area contributed by atoms with Gasteiger partial charge in [0.25, 0.3) is 0 Å². The Labute approximate surface area is 359 Å². The van der Waals surface area contributed by atoms with Crippen molar-refractivity contribution in [3.05, 3.63) is 35.8 Å². The lowest BCUT2D eigenvalue weighted by molar-refractivity contribution is -0.346. The molecule has 0 radical (unpaired) electrons. The van der Waals surface area contributed by atoms with Gasteiger partial charge in [-0.15, -0.1) is 0 Å². The molecule has 4 heterocycles. The summed E-state index contributed by atoms with van der Waals surface area (Å²) in [5.41, 5.74) is -0.566. The number of carbonyl (C=O) groups excluding carboxylic acids is 2. The number of hydrogen-bond acceptors (Lipinski definition) is 20. The number of esters is 2. The molecule has 20 heteroatoms. The highest BCUT2D eigenvalue weighted by Gasteiger charge is 2.57. The molecule has 6 rings (SSSR count). The number of ether oxygens (including phenoxy) is 8. The van der Waals surface area contributed by atoms with Crippen molar-refractivity contribution in [3.63, 3.8) is 0 Å². The molecule has 2 saturated heterocycles. The summed E-state index contributed by atoms with van der Waals surface area (Å²) in [4.78, 5) is 26.6. The third-order valence-electron chi connectivity index (χ3n) is 13.4. The average molecular weight is 889 g/mol. The molecule has 4 fully saturated rings. The first kappa shape index (κ1) is 48.7. The van der Waals surface area contributed by atoms with Gasteiger partial charge in [-0.2, -0.15) is 0 Å². The van der Waals surface area contributed by atoms with Crippen LogP contribution in [0.3, 0.4) is 0 Å². The monoisotopic (exact) mass is 888 g/mol. The molecule has 6 aliphatic rings. The lowest BCUT2D eigenvalue weighted by Crippen LogP contribution is -2.60. The highest BCUT2D eigenvalue weighted by Crippen LogP contribution is 2.50. The summed E-state index contributed by atoms with van der Waals surface area (Å²) >= 11 is 0. The van der Waals surface area contributed by atoms with Gasteiger partial charge in [0.2, 0.25) is 12.6 Å². The van der Waals surface area contributed by atoms with E-state index in [9.17, 15) is 60.7 Å². The highest BCUT2D eigenvalue weighted by molar-refractivity contribution is 5.89. The fourth-order valence-electron chi connectivity index (χ4n) is 9.42. The van der Waals surface area contributed by atoms with Crippen molar-refractivity contribution >= 4 is 11.9 Å². The number of rotatable bonds is 17. The third kappa shape index (κ3) is 10.3. The number of aliphatic hydroxyl groups excluding tert-OH is 9. The Morgan fingerprint density at radius 2 is 1.27 bits per heavy atom. The van der Waals surface area contributed by atoms with E-state index in [1.165, 1.54) is 12.5 Å². The van der Waals surface area contributed by atoms with Gasteiger partial charge in [0.05, 0.1) is 73.6 Å².